The van der Waals surface area contributed by atoms with Gasteiger partial charge in [0.15, 0.2) is 0 Å². The van der Waals surface area contributed by atoms with Crippen molar-refractivity contribution in [3.05, 3.63) is 11.9 Å². The molecule has 1 aromatic heterocycles. The number of aromatic nitrogens is 2. The van der Waals surface area contributed by atoms with Gasteiger partial charge in [0.25, 0.3) is 0 Å². The number of hydrogen-bond acceptors (Lipinski definition) is 5. The van der Waals surface area contributed by atoms with Gasteiger partial charge in [-0.05, 0) is 33.6 Å². The molecule has 0 saturated heterocycles. The molecule has 116 valence electrons. The second kappa shape index (κ2) is 6.74. The second-order valence-corrected chi connectivity index (χ2v) is 5.85. The Morgan fingerprint density at radius 3 is 2.71 bits per heavy atom. The van der Waals surface area contributed by atoms with Crippen LogP contribution >= 0.6 is 0 Å². The van der Waals surface area contributed by atoms with Gasteiger partial charge in [-0.15, -0.1) is 0 Å². The number of nitrogens with zero attached hydrogens (tertiary/aromatic N) is 3. The van der Waals surface area contributed by atoms with Crippen LogP contribution in [0.1, 0.15) is 45.4 Å². The first-order chi connectivity index (χ1) is 9.99. The van der Waals surface area contributed by atoms with Crippen molar-refractivity contribution in [1.29, 1.82) is 0 Å². The fraction of sp³-hybridized carbons (Fsp3) is 0.667. The highest BCUT2D eigenvalue weighted by Crippen LogP contribution is 2.39. The van der Waals surface area contributed by atoms with Gasteiger partial charge in [-0.25, -0.2) is 9.97 Å². The smallest absolute Gasteiger partial charge is 0.239 e. The minimum absolute atomic E-state index is 0.00378. The molecule has 2 N–H and O–H groups in total. The van der Waals surface area contributed by atoms with E-state index in [-0.39, 0.29) is 11.9 Å². The summed E-state index contributed by atoms with van der Waals surface area (Å²) in [4.78, 5) is 22.9. The molecule has 1 aliphatic rings. The summed E-state index contributed by atoms with van der Waals surface area (Å²) in [5, 5.41) is 6.13. The highest BCUT2D eigenvalue weighted by Gasteiger charge is 2.27. The fourth-order valence-electron chi connectivity index (χ4n) is 2.11. The molecule has 1 aromatic rings. The first-order valence-electron chi connectivity index (χ1n) is 7.63. The Morgan fingerprint density at radius 2 is 2.14 bits per heavy atom. The third kappa shape index (κ3) is 4.58. The lowest BCUT2D eigenvalue weighted by molar-refractivity contribution is -0.120. The first-order valence-corrected chi connectivity index (χ1v) is 7.63. The van der Waals surface area contributed by atoms with Crippen molar-refractivity contribution in [1.82, 2.24) is 15.3 Å². The normalized spacial score (nSPS) is 14.1. The van der Waals surface area contributed by atoms with Crippen molar-refractivity contribution >= 4 is 17.5 Å². The van der Waals surface area contributed by atoms with E-state index in [9.17, 15) is 4.79 Å². The van der Waals surface area contributed by atoms with Gasteiger partial charge in [-0.1, -0.05) is 0 Å². The van der Waals surface area contributed by atoms with E-state index in [0.29, 0.717) is 12.5 Å². The Balaban J connectivity index is 2.11. The number of carbonyl (C=O) groups excluding carboxylic acids is 1. The van der Waals surface area contributed by atoms with Crippen LogP contribution in [0.3, 0.4) is 0 Å². The van der Waals surface area contributed by atoms with Crippen LogP contribution in [0.4, 0.5) is 11.6 Å². The van der Waals surface area contributed by atoms with Gasteiger partial charge in [0, 0.05) is 31.6 Å². The second-order valence-electron chi connectivity index (χ2n) is 5.85. The van der Waals surface area contributed by atoms with E-state index in [1.54, 1.807) is 0 Å². The molecule has 1 saturated carbocycles. The number of rotatable bonds is 7. The Morgan fingerprint density at radius 1 is 1.43 bits per heavy atom. The van der Waals surface area contributed by atoms with Gasteiger partial charge < -0.3 is 15.5 Å². The first kappa shape index (κ1) is 15.5. The summed E-state index contributed by atoms with van der Waals surface area (Å²) < 4.78 is 0. The van der Waals surface area contributed by atoms with Crippen LogP contribution in [0, 0.1) is 0 Å². The summed E-state index contributed by atoms with van der Waals surface area (Å²) in [6.45, 7) is 7.06. The van der Waals surface area contributed by atoms with Gasteiger partial charge in [0.2, 0.25) is 5.91 Å². The van der Waals surface area contributed by atoms with Crippen LogP contribution in [-0.4, -0.2) is 42.1 Å². The number of amides is 1. The molecule has 1 aliphatic carbocycles. The fourth-order valence-corrected chi connectivity index (χ4v) is 2.11. The van der Waals surface area contributed by atoms with E-state index < -0.39 is 0 Å². The number of anilines is 2. The monoisotopic (exact) mass is 291 g/mol. The summed E-state index contributed by atoms with van der Waals surface area (Å²) in [5.41, 5.74) is 0. The van der Waals surface area contributed by atoms with Crippen LogP contribution in [0.25, 0.3) is 0 Å². The highest BCUT2D eigenvalue weighted by atomic mass is 16.2. The Kier molecular flexibility index (Phi) is 4.98. The Hall–Kier alpha value is -1.85. The molecular formula is C15H25N5O. The molecule has 0 atom stereocenters. The van der Waals surface area contributed by atoms with E-state index in [1.807, 2.05) is 38.8 Å². The van der Waals surface area contributed by atoms with E-state index in [4.69, 9.17) is 0 Å². The van der Waals surface area contributed by atoms with Crippen molar-refractivity contribution < 1.29 is 4.79 Å². The van der Waals surface area contributed by atoms with E-state index in [2.05, 4.69) is 20.6 Å². The SMILES string of the molecule is CCNc1cc(N(C)CC(=O)NC(C)C)nc(C2CC2)n1. The summed E-state index contributed by atoms with van der Waals surface area (Å²) in [5.74, 6) is 3.01. The molecule has 1 heterocycles. The minimum Gasteiger partial charge on any atom is -0.370 e. The molecule has 2 rings (SSSR count). The van der Waals surface area contributed by atoms with Gasteiger partial charge in [-0.2, -0.15) is 0 Å². The molecule has 6 nitrogen and oxygen atoms in total. The third-order valence-corrected chi connectivity index (χ3v) is 3.25. The maximum Gasteiger partial charge on any atom is 0.239 e. The van der Waals surface area contributed by atoms with E-state index in [1.165, 1.54) is 0 Å². The maximum atomic E-state index is 11.9. The van der Waals surface area contributed by atoms with Crippen molar-refractivity contribution in [3.63, 3.8) is 0 Å². The number of carbonyl (C=O) groups is 1. The van der Waals surface area contributed by atoms with Crippen LogP contribution in [0.5, 0.6) is 0 Å². The lowest BCUT2D eigenvalue weighted by Crippen LogP contribution is -2.39. The molecule has 1 fully saturated rings. The van der Waals surface area contributed by atoms with Crippen molar-refractivity contribution in [2.24, 2.45) is 0 Å². The molecule has 0 spiro atoms. The largest absolute Gasteiger partial charge is 0.370 e. The highest BCUT2D eigenvalue weighted by molar-refractivity contribution is 5.81. The zero-order valence-corrected chi connectivity index (χ0v) is 13.3. The maximum absolute atomic E-state index is 11.9. The predicted octanol–water partition coefficient (Wildman–Crippen LogP) is 1.75. The summed E-state index contributed by atoms with van der Waals surface area (Å²) in [6.07, 6.45) is 2.32. The molecule has 0 bridgehead atoms. The quantitative estimate of drug-likeness (QED) is 0.801. The van der Waals surface area contributed by atoms with E-state index >= 15 is 0 Å². The molecule has 0 aromatic carbocycles. The molecule has 1 amide bonds. The molecule has 21 heavy (non-hydrogen) atoms. The molecule has 0 aliphatic heterocycles. The van der Waals surface area contributed by atoms with Gasteiger partial charge in [-0.3, -0.25) is 4.79 Å². The third-order valence-electron chi connectivity index (χ3n) is 3.25. The van der Waals surface area contributed by atoms with Crippen molar-refractivity contribution in [2.45, 2.75) is 45.6 Å². The summed E-state index contributed by atoms with van der Waals surface area (Å²) >= 11 is 0. The van der Waals surface area contributed by atoms with Gasteiger partial charge in [0.1, 0.15) is 17.5 Å². The average molecular weight is 291 g/mol. The lowest BCUT2D eigenvalue weighted by atomic mass is 10.3. The van der Waals surface area contributed by atoms with Crippen LogP contribution in [-0.2, 0) is 4.79 Å². The van der Waals surface area contributed by atoms with Crippen LogP contribution in [0.2, 0.25) is 0 Å². The Labute approximate surface area is 126 Å². The predicted molar refractivity (Wildman–Crippen MR) is 84.7 cm³/mol. The molecular weight excluding hydrogens is 266 g/mol. The zero-order valence-electron chi connectivity index (χ0n) is 13.3. The zero-order chi connectivity index (χ0) is 15.4. The summed E-state index contributed by atoms with van der Waals surface area (Å²) in [6, 6.07) is 2.05. The number of nitrogens with one attached hydrogen (secondary N) is 2. The standard InChI is InChI=1S/C15H25N5O/c1-5-16-12-8-13(19-15(18-12)11-6-7-11)20(4)9-14(21)17-10(2)3/h8,10-11H,5-7,9H2,1-4H3,(H,17,21)(H,16,18,19). The average Bonchev–Trinajstić information content (AvgIpc) is 3.21. The molecule has 0 unspecified atom stereocenters. The van der Waals surface area contributed by atoms with Crippen LogP contribution < -0.4 is 15.5 Å². The van der Waals surface area contributed by atoms with E-state index in [0.717, 1.165) is 36.8 Å². The van der Waals surface area contributed by atoms with Gasteiger partial charge in [0.05, 0.1) is 6.54 Å². The number of hydrogen-bond donors (Lipinski definition) is 2. The topological polar surface area (TPSA) is 70.2 Å². The lowest BCUT2D eigenvalue weighted by Gasteiger charge is -2.20. The summed E-state index contributed by atoms with van der Waals surface area (Å²) in [7, 11) is 1.88. The molecule has 0 radical (unpaired) electrons. The Bertz CT molecular complexity index is 499. The molecule has 6 heteroatoms. The van der Waals surface area contributed by atoms with Crippen molar-refractivity contribution in [3.8, 4) is 0 Å². The number of likely N-dealkylation sites (N-methyl/N-ethyl adjacent to an activating group) is 1. The van der Waals surface area contributed by atoms with Crippen LogP contribution in [0.15, 0.2) is 6.07 Å². The van der Waals surface area contributed by atoms with Gasteiger partial charge >= 0.3 is 0 Å². The minimum atomic E-state index is 0.00378. The van der Waals surface area contributed by atoms with Crippen molar-refractivity contribution in [2.75, 3.05) is 30.4 Å².